The number of unbranched alkanes of at least 4 members (excludes halogenated alkanes) is 56. The van der Waals surface area contributed by atoms with Gasteiger partial charge >= 0.3 is 0 Å². The summed E-state index contributed by atoms with van der Waals surface area (Å²) in [7, 11) is 1.27. The van der Waals surface area contributed by atoms with Gasteiger partial charge in [-0.1, -0.05) is 385 Å². The van der Waals surface area contributed by atoms with Gasteiger partial charge in [0.15, 0.2) is 0 Å². The lowest BCUT2D eigenvalue weighted by Crippen LogP contribution is -2.45. The molecule has 3 unspecified atom stereocenters. The maximum Gasteiger partial charge on any atom is 0.268 e. The fourth-order valence-corrected chi connectivity index (χ4v) is 12.5. The zero-order valence-electron chi connectivity index (χ0n) is 57.4. The lowest BCUT2D eigenvalue weighted by Gasteiger charge is -2.29. The summed E-state index contributed by atoms with van der Waals surface area (Å²) < 4.78 is 23.5. The summed E-state index contributed by atoms with van der Waals surface area (Å²) in [5, 5.41) is 14.0. The monoisotopic (exact) mass is 1210 g/mol. The minimum Gasteiger partial charge on any atom is -0.756 e. The van der Waals surface area contributed by atoms with Crippen LogP contribution < -0.4 is 10.2 Å². The van der Waals surface area contributed by atoms with E-state index >= 15 is 0 Å². The molecule has 0 radical (unpaired) electrons. The molecule has 0 saturated heterocycles. The van der Waals surface area contributed by atoms with E-state index in [4.69, 9.17) is 9.05 Å². The molecular weight excluding hydrogens is 1060 g/mol. The maximum atomic E-state index is 13.0. The van der Waals surface area contributed by atoms with Gasteiger partial charge in [-0.3, -0.25) is 9.36 Å². The van der Waals surface area contributed by atoms with Gasteiger partial charge in [0, 0.05) is 6.42 Å². The molecule has 0 aromatic carbocycles. The molecule has 0 spiro atoms. The molecule has 0 rings (SSSR count). The van der Waals surface area contributed by atoms with E-state index in [1.165, 1.54) is 340 Å². The van der Waals surface area contributed by atoms with Gasteiger partial charge in [-0.05, 0) is 32.1 Å². The number of carbonyl (C=O) groups is 1. The van der Waals surface area contributed by atoms with Gasteiger partial charge < -0.3 is 28.8 Å². The van der Waals surface area contributed by atoms with Gasteiger partial charge in [-0.15, -0.1) is 0 Å². The molecule has 0 saturated carbocycles. The summed E-state index contributed by atoms with van der Waals surface area (Å²) in [5.41, 5.74) is 0. The maximum absolute atomic E-state index is 13.0. The number of phosphoric acid groups is 1. The van der Waals surface area contributed by atoms with Crippen LogP contribution in [0.1, 0.15) is 399 Å². The second-order valence-corrected chi connectivity index (χ2v) is 28.8. The Morgan fingerprint density at radius 3 is 0.964 bits per heavy atom. The third kappa shape index (κ3) is 68.5. The first-order valence-corrected chi connectivity index (χ1v) is 39.2. The van der Waals surface area contributed by atoms with Crippen LogP contribution >= 0.6 is 7.82 Å². The van der Waals surface area contributed by atoms with Crippen LogP contribution in [0.15, 0.2) is 24.3 Å². The minimum atomic E-state index is -4.61. The Bertz CT molecular complexity index is 1420. The third-order valence-corrected chi connectivity index (χ3v) is 18.6. The number of aliphatic hydroxyl groups is 1. The van der Waals surface area contributed by atoms with E-state index < -0.39 is 20.0 Å². The van der Waals surface area contributed by atoms with Crippen molar-refractivity contribution >= 4 is 13.7 Å². The molecule has 0 aliphatic heterocycles. The highest BCUT2D eigenvalue weighted by molar-refractivity contribution is 7.45. The zero-order valence-corrected chi connectivity index (χ0v) is 58.3. The van der Waals surface area contributed by atoms with Crippen LogP contribution in [-0.2, 0) is 18.4 Å². The second kappa shape index (κ2) is 66.4. The molecule has 0 fully saturated rings. The van der Waals surface area contributed by atoms with Crippen molar-refractivity contribution < 1.29 is 32.9 Å². The Morgan fingerprint density at radius 1 is 0.405 bits per heavy atom. The van der Waals surface area contributed by atoms with Crippen molar-refractivity contribution in [3.63, 3.8) is 0 Å². The van der Waals surface area contributed by atoms with E-state index in [9.17, 15) is 19.4 Å². The van der Waals surface area contributed by atoms with E-state index in [1.807, 2.05) is 27.2 Å². The number of likely N-dealkylation sites (N-methyl/N-ethyl adjacent to an activating group) is 1. The van der Waals surface area contributed by atoms with Crippen LogP contribution in [-0.4, -0.2) is 68.5 Å². The number of carbonyl (C=O) groups excluding carboxylic acids is 1. The van der Waals surface area contributed by atoms with Crippen LogP contribution in [0, 0.1) is 0 Å². The summed E-state index contributed by atoms with van der Waals surface area (Å²) in [6.07, 6.45) is 87.7. The Morgan fingerprint density at radius 2 is 0.667 bits per heavy atom. The van der Waals surface area contributed by atoms with Gasteiger partial charge in [0.25, 0.3) is 7.82 Å². The highest BCUT2D eigenvalue weighted by Crippen LogP contribution is 2.38. The topological polar surface area (TPSA) is 108 Å². The number of nitrogens with zero attached hydrogens (tertiary/aromatic N) is 1. The quantitative estimate of drug-likeness (QED) is 0.0272. The highest BCUT2D eigenvalue weighted by atomic mass is 31.2. The number of aliphatic hydroxyl groups excluding tert-OH is 1. The Labute approximate surface area is 525 Å². The van der Waals surface area contributed by atoms with Gasteiger partial charge in [-0.25, -0.2) is 0 Å². The van der Waals surface area contributed by atoms with Crippen LogP contribution in [0.25, 0.3) is 0 Å². The van der Waals surface area contributed by atoms with E-state index in [-0.39, 0.29) is 19.1 Å². The number of allylic oxidation sites excluding steroid dienone is 3. The predicted octanol–water partition coefficient (Wildman–Crippen LogP) is 23.6. The zero-order chi connectivity index (χ0) is 61.2. The SMILES string of the molecule is CCCCCCCCCCCCCCCCCCCCCCC/C=C/CC/C=C/C(O)C(COP(=O)([O-])OCC[N+](C)(C)C)NC(=O)CCCCCCCCCCCCCCCCCCCCCCCCCCCCCCCCCCCCC. The molecule has 2 N–H and O–H groups in total. The second-order valence-electron chi connectivity index (χ2n) is 27.4. The van der Waals surface area contributed by atoms with E-state index in [1.54, 1.807) is 6.08 Å². The molecular formula is C75H149N2O6P. The number of hydrogen-bond acceptors (Lipinski definition) is 6. The third-order valence-electron chi connectivity index (χ3n) is 17.7. The number of quaternary nitrogens is 1. The smallest absolute Gasteiger partial charge is 0.268 e. The first-order valence-electron chi connectivity index (χ1n) is 37.7. The fourth-order valence-electron chi connectivity index (χ4n) is 11.8. The van der Waals surface area contributed by atoms with Gasteiger partial charge in [-0.2, -0.15) is 0 Å². The molecule has 0 bridgehead atoms. The summed E-state index contributed by atoms with van der Waals surface area (Å²) in [5.74, 6) is -0.197. The molecule has 0 aromatic heterocycles. The number of phosphoric ester groups is 1. The molecule has 84 heavy (non-hydrogen) atoms. The Hall–Kier alpha value is -1.02. The first-order chi connectivity index (χ1) is 41.0. The fraction of sp³-hybridized carbons (Fsp3) is 0.933. The van der Waals surface area contributed by atoms with Crippen molar-refractivity contribution in [2.75, 3.05) is 40.9 Å². The lowest BCUT2D eigenvalue weighted by molar-refractivity contribution is -0.870. The van der Waals surface area contributed by atoms with Crippen LogP contribution in [0.5, 0.6) is 0 Å². The van der Waals surface area contributed by atoms with Crippen molar-refractivity contribution in [2.24, 2.45) is 0 Å². The van der Waals surface area contributed by atoms with Crippen molar-refractivity contribution in [1.29, 1.82) is 0 Å². The van der Waals surface area contributed by atoms with Crippen molar-refractivity contribution in [3.05, 3.63) is 24.3 Å². The van der Waals surface area contributed by atoms with Crippen LogP contribution in [0.4, 0.5) is 0 Å². The van der Waals surface area contributed by atoms with E-state index in [2.05, 4.69) is 31.3 Å². The molecule has 3 atom stereocenters. The normalized spacial score (nSPS) is 13.7. The average molecular weight is 1210 g/mol. The summed E-state index contributed by atoms with van der Waals surface area (Å²) in [6.45, 7) is 4.70. The van der Waals surface area contributed by atoms with Crippen LogP contribution in [0.2, 0.25) is 0 Å². The molecule has 0 aromatic rings. The lowest BCUT2D eigenvalue weighted by atomic mass is 10.0. The molecule has 8 nitrogen and oxygen atoms in total. The number of rotatable bonds is 71. The Balaban J connectivity index is 3.99. The largest absolute Gasteiger partial charge is 0.756 e. The van der Waals surface area contributed by atoms with Crippen molar-refractivity contribution in [1.82, 2.24) is 5.32 Å². The van der Waals surface area contributed by atoms with Gasteiger partial charge in [0.1, 0.15) is 13.2 Å². The number of hydrogen-bond donors (Lipinski definition) is 2. The molecule has 0 aliphatic carbocycles. The summed E-state index contributed by atoms with van der Waals surface area (Å²) >= 11 is 0. The van der Waals surface area contributed by atoms with Crippen LogP contribution in [0.3, 0.4) is 0 Å². The van der Waals surface area contributed by atoms with Crippen molar-refractivity contribution in [2.45, 2.75) is 411 Å². The van der Waals surface area contributed by atoms with Crippen molar-refractivity contribution in [3.8, 4) is 0 Å². The summed E-state index contributed by atoms with van der Waals surface area (Å²) in [4.78, 5) is 25.7. The molecule has 0 aliphatic rings. The average Bonchev–Trinajstić information content (AvgIpc) is 3.56. The molecule has 9 heteroatoms. The predicted molar refractivity (Wildman–Crippen MR) is 367 cm³/mol. The van der Waals surface area contributed by atoms with Gasteiger partial charge in [0.2, 0.25) is 5.91 Å². The number of amides is 1. The van der Waals surface area contributed by atoms with E-state index in [0.717, 1.165) is 38.5 Å². The first kappa shape index (κ1) is 83.0. The standard InChI is InChI=1S/C75H149N2O6P/c1-6-8-10-12-14-16-18-20-22-24-26-28-30-32-34-35-36-37-38-39-40-41-43-45-47-49-51-53-55-57-59-61-63-65-67-69-75(79)76-73(72-83-84(80,81)82-71-70-77(3,4)5)74(78)68-66-64-62-60-58-56-54-52-50-48-46-44-42-33-31-29-27-25-23-21-19-17-15-13-11-9-7-2/h58,60,66,68,73-74,78H,6-57,59,61-65,67,69-72H2,1-5H3,(H-,76,79,80,81)/b60-58+,68-66+. The molecule has 500 valence electrons. The number of nitrogens with one attached hydrogen (secondary N) is 1. The van der Waals surface area contributed by atoms with Gasteiger partial charge in [0.05, 0.1) is 39.9 Å². The Kier molecular flexibility index (Phi) is 65.6. The molecule has 0 heterocycles. The minimum absolute atomic E-state index is 0.00333. The van der Waals surface area contributed by atoms with E-state index in [0.29, 0.717) is 17.4 Å². The molecule has 1 amide bonds. The highest BCUT2D eigenvalue weighted by Gasteiger charge is 2.23. The summed E-state index contributed by atoms with van der Waals surface area (Å²) in [6, 6.07) is -0.902.